The second kappa shape index (κ2) is 7.63. The Labute approximate surface area is 154 Å². The van der Waals surface area contributed by atoms with Gasteiger partial charge in [0.25, 0.3) is 11.8 Å². The van der Waals surface area contributed by atoms with Gasteiger partial charge in [-0.2, -0.15) is 0 Å². The average molecular weight is 367 g/mol. The Morgan fingerprint density at radius 1 is 1.12 bits per heavy atom. The molecule has 146 valence electrons. The first-order valence-electron chi connectivity index (χ1n) is 9.25. The van der Waals surface area contributed by atoms with Crippen LogP contribution in [-0.2, 0) is 19.1 Å². The fraction of sp³-hybridized carbons (Fsp3) is 0.778. The molecule has 2 rings (SSSR count). The Morgan fingerprint density at radius 2 is 1.65 bits per heavy atom. The molecule has 4 amide bonds. The van der Waals surface area contributed by atoms with E-state index in [2.05, 4.69) is 5.32 Å². The van der Waals surface area contributed by atoms with Crippen molar-refractivity contribution in [2.45, 2.75) is 84.0 Å². The van der Waals surface area contributed by atoms with Crippen LogP contribution in [0.2, 0.25) is 0 Å². The minimum atomic E-state index is -0.978. The van der Waals surface area contributed by atoms with Crippen LogP contribution in [0.3, 0.4) is 0 Å². The third-order valence-electron chi connectivity index (χ3n) is 5.01. The fourth-order valence-electron chi connectivity index (χ4n) is 3.87. The normalized spacial score (nSPS) is 20.0. The first-order chi connectivity index (χ1) is 12.1. The van der Waals surface area contributed by atoms with Crippen LogP contribution in [0.15, 0.2) is 0 Å². The number of urea groups is 1. The highest BCUT2D eigenvalue weighted by Crippen LogP contribution is 2.34. The number of carbonyl (C=O) groups excluding carboxylic acids is 4. The summed E-state index contributed by atoms with van der Waals surface area (Å²) in [5.41, 5.74) is -0.856. The zero-order valence-corrected chi connectivity index (χ0v) is 16.2. The van der Waals surface area contributed by atoms with E-state index in [0.29, 0.717) is 12.8 Å². The van der Waals surface area contributed by atoms with E-state index in [1.807, 2.05) is 27.7 Å². The molecule has 1 heterocycles. The van der Waals surface area contributed by atoms with Gasteiger partial charge in [-0.1, -0.05) is 12.8 Å². The van der Waals surface area contributed by atoms with Gasteiger partial charge in [-0.15, -0.1) is 0 Å². The van der Waals surface area contributed by atoms with Crippen molar-refractivity contribution in [3.8, 4) is 0 Å². The number of nitrogens with zero attached hydrogens (tertiary/aromatic N) is 2. The SMILES string of the molecule is CC(C)N(C(=O)[C@@H](C)OC(=O)CN1C(=O)NC2(CCCC2)C1=O)C(C)C. The first-order valence-corrected chi connectivity index (χ1v) is 9.25. The Kier molecular flexibility index (Phi) is 5.93. The van der Waals surface area contributed by atoms with Crippen molar-refractivity contribution in [2.24, 2.45) is 0 Å². The maximum absolute atomic E-state index is 12.5. The molecule has 2 fully saturated rings. The van der Waals surface area contributed by atoms with Crippen LogP contribution in [0.25, 0.3) is 0 Å². The van der Waals surface area contributed by atoms with E-state index in [-0.39, 0.29) is 23.9 Å². The van der Waals surface area contributed by atoms with Gasteiger partial charge in [-0.3, -0.25) is 19.3 Å². The lowest BCUT2D eigenvalue weighted by Crippen LogP contribution is -2.48. The van der Waals surface area contributed by atoms with Crippen LogP contribution in [0.5, 0.6) is 0 Å². The minimum absolute atomic E-state index is 0.0307. The Hall–Kier alpha value is -2.12. The number of imide groups is 1. The highest BCUT2D eigenvalue weighted by atomic mass is 16.5. The van der Waals surface area contributed by atoms with Crippen LogP contribution in [0, 0.1) is 0 Å². The van der Waals surface area contributed by atoms with Crippen molar-refractivity contribution in [2.75, 3.05) is 6.54 Å². The van der Waals surface area contributed by atoms with Crippen molar-refractivity contribution >= 4 is 23.8 Å². The number of rotatable bonds is 6. The molecule has 1 atom stereocenters. The topological polar surface area (TPSA) is 96.0 Å². The molecule has 0 aromatic heterocycles. The van der Waals surface area contributed by atoms with E-state index in [4.69, 9.17) is 4.74 Å². The minimum Gasteiger partial charge on any atom is -0.451 e. The molecule has 1 saturated carbocycles. The van der Waals surface area contributed by atoms with E-state index in [9.17, 15) is 19.2 Å². The summed E-state index contributed by atoms with van der Waals surface area (Å²) in [7, 11) is 0. The molecule has 26 heavy (non-hydrogen) atoms. The van der Waals surface area contributed by atoms with Gasteiger partial charge in [0, 0.05) is 12.1 Å². The standard InChI is InChI=1S/C18H29N3O5/c1-11(2)21(12(3)4)15(23)13(5)26-14(22)10-20-16(24)18(19-17(20)25)8-6-7-9-18/h11-13H,6-10H2,1-5H3,(H,19,25)/t13-/m1/s1. The monoisotopic (exact) mass is 367 g/mol. The molecule has 2 aliphatic rings. The van der Waals surface area contributed by atoms with E-state index in [0.717, 1.165) is 17.7 Å². The second-order valence-electron chi connectivity index (χ2n) is 7.68. The van der Waals surface area contributed by atoms with Crippen LogP contribution in [-0.4, -0.2) is 63.9 Å². The summed E-state index contributed by atoms with van der Waals surface area (Å²) in [4.78, 5) is 51.9. The van der Waals surface area contributed by atoms with Gasteiger partial charge >= 0.3 is 12.0 Å². The Balaban J connectivity index is 1.97. The van der Waals surface area contributed by atoms with Gasteiger partial charge in [0.05, 0.1) is 0 Å². The summed E-state index contributed by atoms with van der Waals surface area (Å²) in [6.07, 6.45) is 1.95. The van der Waals surface area contributed by atoms with Gasteiger partial charge in [0.1, 0.15) is 12.1 Å². The lowest BCUT2D eigenvalue weighted by molar-refractivity contribution is -0.162. The highest BCUT2D eigenvalue weighted by molar-refractivity contribution is 6.08. The van der Waals surface area contributed by atoms with Gasteiger partial charge in [-0.05, 0) is 47.5 Å². The smallest absolute Gasteiger partial charge is 0.327 e. The van der Waals surface area contributed by atoms with E-state index >= 15 is 0 Å². The maximum Gasteiger partial charge on any atom is 0.327 e. The molecule has 0 aromatic carbocycles. The fourth-order valence-corrected chi connectivity index (χ4v) is 3.87. The van der Waals surface area contributed by atoms with Crippen molar-refractivity contribution < 1.29 is 23.9 Å². The zero-order chi connectivity index (χ0) is 19.6. The molecule has 1 saturated heterocycles. The number of nitrogens with one attached hydrogen (secondary N) is 1. The van der Waals surface area contributed by atoms with Crippen molar-refractivity contribution in [1.82, 2.24) is 15.1 Å². The van der Waals surface area contributed by atoms with E-state index in [1.54, 1.807) is 4.90 Å². The molecule has 1 spiro atoms. The molecular formula is C18H29N3O5. The number of carbonyl (C=O) groups is 4. The third-order valence-corrected chi connectivity index (χ3v) is 5.01. The van der Waals surface area contributed by atoms with Gasteiger partial charge in [-0.25, -0.2) is 4.79 Å². The number of hydrogen-bond acceptors (Lipinski definition) is 5. The molecule has 0 unspecified atom stereocenters. The summed E-state index contributed by atoms with van der Waals surface area (Å²) in [5, 5.41) is 2.71. The summed E-state index contributed by atoms with van der Waals surface area (Å²) in [6.45, 7) is 8.58. The Morgan fingerprint density at radius 3 is 2.15 bits per heavy atom. The predicted octanol–water partition coefficient (Wildman–Crippen LogP) is 1.43. The number of esters is 1. The third kappa shape index (κ3) is 3.83. The van der Waals surface area contributed by atoms with Crippen LogP contribution in [0.4, 0.5) is 4.79 Å². The largest absolute Gasteiger partial charge is 0.451 e. The summed E-state index contributed by atoms with van der Waals surface area (Å²) in [5.74, 6) is -1.44. The van der Waals surface area contributed by atoms with Crippen molar-refractivity contribution in [3.05, 3.63) is 0 Å². The Bertz CT molecular complexity index is 588. The highest BCUT2D eigenvalue weighted by Gasteiger charge is 2.52. The second-order valence-corrected chi connectivity index (χ2v) is 7.68. The molecule has 8 heteroatoms. The predicted molar refractivity (Wildman–Crippen MR) is 94.1 cm³/mol. The maximum atomic E-state index is 12.5. The van der Waals surface area contributed by atoms with E-state index in [1.165, 1.54) is 6.92 Å². The first kappa shape index (κ1) is 20.2. The molecule has 0 aromatic rings. The number of hydrogen-bond donors (Lipinski definition) is 1. The summed E-state index contributed by atoms with van der Waals surface area (Å²) >= 11 is 0. The van der Waals surface area contributed by atoms with Crippen molar-refractivity contribution in [1.29, 1.82) is 0 Å². The average Bonchev–Trinajstić information content (AvgIpc) is 3.08. The van der Waals surface area contributed by atoms with Gasteiger partial charge in [0.2, 0.25) is 0 Å². The molecular weight excluding hydrogens is 338 g/mol. The molecule has 8 nitrogen and oxygen atoms in total. The number of ether oxygens (including phenoxy) is 1. The molecule has 0 radical (unpaired) electrons. The molecule has 1 N–H and O–H groups in total. The molecule has 1 aliphatic carbocycles. The van der Waals surface area contributed by atoms with Crippen LogP contribution in [0.1, 0.15) is 60.3 Å². The van der Waals surface area contributed by atoms with Gasteiger partial charge in [0.15, 0.2) is 6.10 Å². The molecule has 1 aliphatic heterocycles. The van der Waals surface area contributed by atoms with E-state index < -0.39 is 30.2 Å². The molecule has 0 bridgehead atoms. The lowest BCUT2D eigenvalue weighted by atomic mass is 9.98. The van der Waals surface area contributed by atoms with Crippen molar-refractivity contribution in [3.63, 3.8) is 0 Å². The zero-order valence-electron chi connectivity index (χ0n) is 16.2. The van der Waals surface area contributed by atoms with Gasteiger partial charge < -0.3 is 15.0 Å². The number of amides is 4. The van der Waals surface area contributed by atoms with Crippen LogP contribution >= 0.6 is 0 Å². The lowest BCUT2D eigenvalue weighted by Gasteiger charge is -2.32. The summed E-state index contributed by atoms with van der Waals surface area (Å²) in [6, 6.07) is -0.632. The summed E-state index contributed by atoms with van der Waals surface area (Å²) < 4.78 is 5.20. The van der Waals surface area contributed by atoms with Crippen LogP contribution < -0.4 is 5.32 Å². The quantitative estimate of drug-likeness (QED) is 0.566.